The zero-order valence-corrected chi connectivity index (χ0v) is 7.60. The molecule has 3 N–H and O–H groups in total. The van der Waals surface area contributed by atoms with Crippen LogP contribution < -0.4 is 11.1 Å². The highest BCUT2D eigenvalue weighted by molar-refractivity contribution is 5.56. The number of hydrogen-bond acceptors (Lipinski definition) is 2. The minimum atomic E-state index is -0.166. The van der Waals surface area contributed by atoms with Crippen molar-refractivity contribution in [2.75, 3.05) is 11.9 Å². The summed E-state index contributed by atoms with van der Waals surface area (Å²) < 4.78 is 13.2. The standard InChI is InChI=1S/C10H13FN2/c1-6-4-7-9(12)2-3-13-10(7)5-8(6)11/h4-5,9,13H,2-3,12H2,1H3. The number of nitrogens with one attached hydrogen (secondary N) is 1. The van der Waals surface area contributed by atoms with E-state index in [9.17, 15) is 4.39 Å². The molecule has 1 aliphatic heterocycles. The van der Waals surface area contributed by atoms with Gasteiger partial charge in [0.2, 0.25) is 0 Å². The minimum Gasteiger partial charge on any atom is -0.385 e. The van der Waals surface area contributed by atoms with Gasteiger partial charge in [0.05, 0.1) is 0 Å². The van der Waals surface area contributed by atoms with Crippen molar-refractivity contribution in [2.45, 2.75) is 19.4 Å². The Balaban J connectivity index is 2.52. The van der Waals surface area contributed by atoms with Gasteiger partial charge in [-0.05, 0) is 36.6 Å². The molecular weight excluding hydrogens is 167 g/mol. The molecule has 0 saturated carbocycles. The molecule has 0 aliphatic carbocycles. The highest BCUT2D eigenvalue weighted by Gasteiger charge is 2.17. The van der Waals surface area contributed by atoms with Crippen LogP contribution in [0.15, 0.2) is 12.1 Å². The lowest BCUT2D eigenvalue weighted by Gasteiger charge is -2.24. The molecule has 0 radical (unpaired) electrons. The second-order valence-corrected chi connectivity index (χ2v) is 3.51. The van der Waals surface area contributed by atoms with E-state index in [0.29, 0.717) is 5.56 Å². The van der Waals surface area contributed by atoms with Crippen LogP contribution in [0.4, 0.5) is 10.1 Å². The Labute approximate surface area is 76.9 Å². The van der Waals surface area contributed by atoms with E-state index in [4.69, 9.17) is 5.73 Å². The molecule has 13 heavy (non-hydrogen) atoms. The molecule has 0 spiro atoms. The third-order valence-corrected chi connectivity index (χ3v) is 2.50. The smallest absolute Gasteiger partial charge is 0.128 e. The van der Waals surface area contributed by atoms with Crippen LogP contribution in [0.25, 0.3) is 0 Å². The van der Waals surface area contributed by atoms with Gasteiger partial charge in [-0.3, -0.25) is 0 Å². The van der Waals surface area contributed by atoms with Crippen molar-refractivity contribution in [3.63, 3.8) is 0 Å². The van der Waals surface area contributed by atoms with Gasteiger partial charge in [0.15, 0.2) is 0 Å². The van der Waals surface area contributed by atoms with E-state index in [2.05, 4.69) is 5.32 Å². The highest BCUT2D eigenvalue weighted by Crippen LogP contribution is 2.29. The summed E-state index contributed by atoms with van der Waals surface area (Å²) in [5.74, 6) is -0.166. The highest BCUT2D eigenvalue weighted by atomic mass is 19.1. The molecule has 0 fully saturated rings. The molecule has 0 saturated heterocycles. The van der Waals surface area contributed by atoms with Crippen LogP contribution in [-0.4, -0.2) is 6.54 Å². The van der Waals surface area contributed by atoms with Gasteiger partial charge in [0.1, 0.15) is 5.82 Å². The molecule has 1 aromatic carbocycles. The first kappa shape index (κ1) is 8.51. The van der Waals surface area contributed by atoms with Crippen LogP contribution in [0, 0.1) is 12.7 Å². The molecule has 1 aliphatic rings. The summed E-state index contributed by atoms with van der Waals surface area (Å²) in [5.41, 5.74) is 8.45. The van der Waals surface area contributed by atoms with Crippen LogP contribution >= 0.6 is 0 Å². The molecule has 1 unspecified atom stereocenters. The van der Waals surface area contributed by atoms with Gasteiger partial charge < -0.3 is 11.1 Å². The number of hydrogen-bond donors (Lipinski definition) is 2. The topological polar surface area (TPSA) is 38.0 Å². The summed E-state index contributed by atoms with van der Waals surface area (Å²) in [6.07, 6.45) is 0.915. The Morgan fingerprint density at radius 2 is 2.31 bits per heavy atom. The predicted molar refractivity (Wildman–Crippen MR) is 51.2 cm³/mol. The first-order chi connectivity index (χ1) is 6.18. The second-order valence-electron chi connectivity index (χ2n) is 3.51. The summed E-state index contributed by atoms with van der Waals surface area (Å²) >= 11 is 0. The first-order valence-corrected chi connectivity index (χ1v) is 4.48. The molecule has 0 amide bonds. The third kappa shape index (κ3) is 1.40. The molecule has 0 aromatic heterocycles. The van der Waals surface area contributed by atoms with Crippen LogP contribution in [-0.2, 0) is 0 Å². The van der Waals surface area contributed by atoms with Gasteiger partial charge in [-0.1, -0.05) is 0 Å². The van der Waals surface area contributed by atoms with Gasteiger partial charge in [-0.15, -0.1) is 0 Å². The Kier molecular flexibility index (Phi) is 1.96. The average molecular weight is 180 g/mol. The number of benzene rings is 1. The van der Waals surface area contributed by atoms with Crippen molar-refractivity contribution in [3.05, 3.63) is 29.1 Å². The molecule has 1 aromatic rings. The number of fused-ring (bicyclic) bond motifs is 1. The lowest BCUT2D eigenvalue weighted by Crippen LogP contribution is -2.22. The molecule has 3 heteroatoms. The van der Waals surface area contributed by atoms with Gasteiger partial charge in [-0.2, -0.15) is 0 Å². The van der Waals surface area contributed by atoms with Crippen LogP contribution in [0.3, 0.4) is 0 Å². The average Bonchev–Trinajstić information content (AvgIpc) is 2.09. The van der Waals surface area contributed by atoms with Crippen molar-refractivity contribution in [2.24, 2.45) is 5.73 Å². The number of anilines is 1. The molecule has 1 atom stereocenters. The number of rotatable bonds is 0. The maximum Gasteiger partial charge on any atom is 0.128 e. The molecule has 2 nitrogen and oxygen atoms in total. The van der Waals surface area contributed by atoms with E-state index in [1.54, 1.807) is 6.92 Å². The van der Waals surface area contributed by atoms with E-state index in [0.717, 1.165) is 24.2 Å². The predicted octanol–water partition coefficient (Wildman–Crippen LogP) is 1.95. The van der Waals surface area contributed by atoms with Crippen molar-refractivity contribution >= 4 is 5.69 Å². The van der Waals surface area contributed by atoms with Crippen LogP contribution in [0.5, 0.6) is 0 Å². The quantitative estimate of drug-likeness (QED) is 0.640. The van der Waals surface area contributed by atoms with Crippen molar-refractivity contribution in [1.29, 1.82) is 0 Å². The minimum absolute atomic E-state index is 0.0514. The summed E-state index contributed by atoms with van der Waals surface area (Å²) in [6.45, 7) is 2.59. The summed E-state index contributed by atoms with van der Waals surface area (Å²) in [5, 5.41) is 3.14. The second kappa shape index (κ2) is 3.00. The normalized spacial score (nSPS) is 20.7. The Bertz CT molecular complexity index is 336. The summed E-state index contributed by atoms with van der Waals surface area (Å²) in [7, 11) is 0. The van der Waals surface area contributed by atoms with Crippen molar-refractivity contribution in [1.82, 2.24) is 0 Å². The Morgan fingerprint density at radius 1 is 1.54 bits per heavy atom. The van der Waals surface area contributed by atoms with Crippen molar-refractivity contribution < 1.29 is 4.39 Å². The molecular formula is C10H13FN2. The van der Waals surface area contributed by atoms with Gasteiger partial charge in [0, 0.05) is 18.3 Å². The number of aryl methyl sites for hydroxylation is 1. The van der Waals surface area contributed by atoms with E-state index in [1.807, 2.05) is 6.07 Å². The molecule has 1 heterocycles. The fraction of sp³-hybridized carbons (Fsp3) is 0.400. The summed E-state index contributed by atoms with van der Waals surface area (Å²) in [4.78, 5) is 0. The fourth-order valence-electron chi connectivity index (χ4n) is 1.68. The molecule has 2 rings (SSSR count). The van der Waals surface area contributed by atoms with Gasteiger partial charge in [0.25, 0.3) is 0 Å². The van der Waals surface area contributed by atoms with E-state index >= 15 is 0 Å². The SMILES string of the molecule is Cc1cc2c(cc1F)NCCC2N. The largest absolute Gasteiger partial charge is 0.385 e. The number of halogens is 1. The van der Waals surface area contributed by atoms with Gasteiger partial charge >= 0.3 is 0 Å². The van der Waals surface area contributed by atoms with E-state index < -0.39 is 0 Å². The maximum atomic E-state index is 13.2. The lowest BCUT2D eigenvalue weighted by atomic mass is 9.97. The molecule has 70 valence electrons. The monoisotopic (exact) mass is 180 g/mol. The zero-order chi connectivity index (χ0) is 9.42. The zero-order valence-electron chi connectivity index (χ0n) is 7.60. The lowest BCUT2D eigenvalue weighted by molar-refractivity contribution is 0.607. The van der Waals surface area contributed by atoms with Gasteiger partial charge in [-0.25, -0.2) is 4.39 Å². The Hall–Kier alpha value is -1.09. The van der Waals surface area contributed by atoms with Crippen LogP contribution in [0.2, 0.25) is 0 Å². The Morgan fingerprint density at radius 3 is 3.08 bits per heavy atom. The molecule has 0 bridgehead atoms. The fourth-order valence-corrected chi connectivity index (χ4v) is 1.68. The third-order valence-electron chi connectivity index (χ3n) is 2.50. The van der Waals surface area contributed by atoms with Crippen molar-refractivity contribution in [3.8, 4) is 0 Å². The van der Waals surface area contributed by atoms with Crippen LogP contribution in [0.1, 0.15) is 23.6 Å². The first-order valence-electron chi connectivity index (χ1n) is 4.48. The van der Waals surface area contributed by atoms with E-state index in [1.165, 1.54) is 6.07 Å². The van der Waals surface area contributed by atoms with E-state index in [-0.39, 0.29) is 11.9 Å². The summed E-state index contributed by atoms with van der Waals surface area (Å²) in [6, 6.07) is 3.42. The number of nitrogens with two attached hydrogens (primary N) is 1. The maximum absolute atomic E-state index is 13.2.